The van der Waals surface area contributed by atoms with Crippen molar-refractivity contribution in [2.24, 2.45) is 0 Å². The van der Waals surface area contributed by atoms with Gasteiger partial charge in [0.05, 0.1) is 24.5 Å². The summed E-state index contributed by atoms with van der Waals surface area (Å²) in [5, 5.41) is 2.93. The summed E-state index contributed by atoms with van der Waals surface area (Å²) in [7, 11) is 1.62. The van der Waals surface area contributed by atoms with Crippen LogP contribution in [-0.4, -0.2) is 24.1 Å². The minimum absolute atomic E-state index is 0.211. The number of pyridine rings is 1. The minimum Gasteiger partial charge on any atom is -0.493 e. The van der Waals surface area contributed by atoms with Crippen LogP contribution in [0.5, 0.6) is 11.5 Å². The molecule has 2 aromatic carbocycles. The van der Waals surface area contributed by atoms with Crippen LogP contribution in [-0.2, 0) is 0 Å². The van der Waals surface area contributed by atoms with Crippen molar-refractivity contribution < 1.29 is 14.3 Å². The molecular formula is C25H26N2O3. The highest BCUT2D eigenvalue weighted by Crippen LogP contribution is 2.34. The number of carbonyl (C=O) groups excluding carboxylic acids is 1. The second-order valence-corrected chi connectivity index (χ2v) is 7.59. The second-order valence-electron chi connectivity index (χ2n) is 7.59. The zero-order chi connectivity index (χ0) is 20.9. The molecule has 1 N–H and O–H groups in total. The number of carbonyl (C=O) groups is 1. The molecule has 1 aliphatic carbocycles. The van der Waals surface area contributed by atoms with E-state index in [9.17, 15) is 4.79 Å². The molecule has 1 amide bonds. The number of amides is 1. The molecule has 4 rings (SSSR count). The number of hydrogen-bond acceptors (Lipinski definition) is 4. The van der Waals surface area contributed by atoms with Crippen molar-refractivity contribution in [2.45, 2.75) is 38.7 Å². The van der Waals surface area contributed by atoms with Crippen molar-refractivity contribution in [2.75, 3.05) is 12.4 Å². The molecule has 30 heavy (non-hydrogen) atoms. The molecule has 0 radical (unpaired) electrons. The molecule has 0 unspecified atom stereocenters. The van der Waals surface area contributed by atoms with Crippen molar-refractivity contribution in [1.82, 2.24) is 4.98 Å². The molecular weight excluding hydrogens is 376 g/mol. The van der Waals surface area contributed by atoms with E-state index in [4.69, 9.17) is 9.47 Å². The van der Waals surface area contributed by atoms with Crippen molar-refractivity contribution >= 4 is 11.6 Å². The molecule has 0 aliphatic heterocycles. The molecule has 0 atom stereocenters. The Morgan fingerprint density at radius 1 is 1.03 bits per heavy atom. The van der Waals surface area contributed by atoms with Crippen molar-refractivity contribution in [3.8, 4) is 22.8 Å². The summed E-state index contributed by atoms with van der Waals surface area (Å²) in [5.74, 6) is 1.12. The fourth-order valence-electron chi connectivity index (χ4n) is 3.78. The summed E-state index contributed by atoms with van der Waals surface area (Å²) in [4.78, 5) is 17.2. The van der Waals surface area contributed by atoms with E-state index in [1.807, 2.05) is 55.5 Å². The first kappa shape index (κ1) is 20.0. The Labute approximate surface area is 177 Å². The number of aryl methyl sites for hydroxylation is 1. The van der Waals surface area contributed by atoms with Crippen molar-refractivity contribution in [1.29, 1.82) is 0 Å². The van der Waals surface area contributed by atoms with Gasteiger partial charge >= 0.3 is 0 Å². The van der Waals surface area contributed by atoms with Crippen LogP contribution in [0.25, 0.3) is 11.3 Å². The van der Waals surface area contributed by atoms with Crippen LogP contribution in [0, 0.1) is 6.92 Å². The predicted molar refractivity (Wildman–Crippen MR) is 118 cm³/mol. The Kier molecular flexibility index (Phi) is 5.98. The Morgan fingerprint density at radius 3 is 2.53 bits per heavy atom. The van der Waals surface area contributed by atoms with Gasteiger partial charge < -0.3 is 14.8 Å². The van der Waals surface area contributed by atoms with Crippen LogP contribution in [0.15, 0.2) is 60.8 Å². The summed E-state index contributed by atoms with van der Waals surface area (Å²) >= 11 is 0. The first-order chi connectivity index (χ1) is 14.6. The quantitative estimate of drug-likeness (QED) is 0.580. The maximum atomic E-state index is 12.7. The number of benzene rings is 2. The van der Waals surface area contributed by atoms with E-state index in [1.54, 1.807) is 19.4 Å². The van der Waals surface area contributed by atoms with Gasteiger partial charge in [-0.05, 0) is 62.4 Å². The molecule has 5 heteroatoms. The van der Waals surface area contributed by atoms with Gasteiger partial charge in [0.25, 0.3) is 5.91 Å². The number of ether oxygens (including phenoxy) is 2. The predicted octanol–water partition coefficient (Wildman–Crippen LogP) is 5.64. The largest absolute Gasteiger partial charge is 0.493 e. The smallest absolute Gasteiger partial charge is 0.257 e. The Morgan fingerprint density at radius 2 is 1.83 bits per heavy atom. The van der Waals surface area contributed by atoms with Gasteiger partial charge in [0.2, 0.25) is 0 Å². The number of nitrogens with zero attached hydrogens (tertiary/aromatic N) is 1. The Bertz CT molecular complexity index is 1020. The first-order valence-corrected chi connectivity index (χ1v) is 10.3. The van der Waals surface area contributed by atoms with Gasteiger partial charge in [0, 0.05) is 23.5 Å². The average molecular weight is 402 g/mol. The maximum absolute atomic E-state index is 12.7. The van der Waals surface area contributed by atoms with E-state index in [2.05, 4.69) is 10.3 Å². The molecule has 0 spiro atoms. The molecule has 1 aliphatic rings. The highest BCUT2D eigenvalue weighted by atomic mass is 16.5. The molecule has 1 aromatic heterocycles. The van der Waals surface area contributed by atoms with Gasteiger partial charge in [-0.25, -0.2) is 0 Å². The lowest BCUT2D eigenvalue weighted by atomic mass is 10.0. The third-order valence-electron chi connectivity index (χ3n) is 5.46. The number of aromatic nitrogens is 1. The lowest BCUT2D eigenvalue weighted by molar-refractivity contribution is 0.102. The van der Waals surface area contributed by atoms with Gasteiger partial charge in [0.1, 0.15) is 0 Å². The van der Waals surface area contributed by atoms with Gasteiger partial charge in [-0.3, -0.25) is 9.78 Å². The monoisotopic (exact) mass is 402 g/mol. The number of methoxy groups -OCH3 is 1. The first-order valence-electron chi connectivity index (χ1n) is 10.3. The fraction of sp³-hybridized carbons (Fsp3) is 0.280. The minimum atomic E-state index is -0.212. The van der Waals surface area contributed by atoms with Crippen LogP contribution in [0.1, 0.15) is 41.6 Å². The third-order valence-corrected chi connectivity index (χ3v) is 5.46. The second kappa shape index (κ2) is 8.99. The van der Waals surface area contributed by atoms with E-state index in [1.165, 1.54) is 12.8 Å². The highest BCUT2D eigenvalue weighted by Gasteiger charge is 2.19. The zero-order valence-electron chi connectivity index (χ0n) is 17.4. The van der Waals surface area contributed by atoms with E-state index < -0.39 is 0 Å². The average Bonchev–Trinajstić information content (AvgIpc) is 3.27. The summed E-state index contributed by atoms with van der Waals surface area (Å²) in [6.07, 6.45) is 6.31. The Hall–Kier alpha value is -3.34. The van der Waals surface area contributed by atoms with Crippen LogP contribution in [0.4, 0.5) is 5.69 Å². The SMILES string of the molecule is COc1ccc(NC(=O)c2ccc(-c3ccccc3C)nc2)cc1OC1CCCC1. The number of hydrogen-bond donors (Lipinski definition) is 1. The van der Waals surface area contributed by atoms with Gasteiger partial charge in [-0.15, -0.1) is 0 Å². The lowest BCUT2D eigenvalue weighted by Gasteiger charge is -2.17. The number of anilines is 1. The summed E-state index contributed by atoms with van der Waals surface area (Å²) in [6.45, 7) is 2.05. The zero-order valence-corrected chi connectivity index (χ0v) is 17.4. The van der Waals surface area contributed by atoms with Gasteiger partial charge in [0.15, 0.2) is 11.5 Å². The van der Waals surface area contributed by atoms with Gasteiger partial charge in [-0.2, -0.15) is 0 Å². The molecule has 1 saturated carbocycles. The molecule has 1 heterocycles. The van der Waals surface area contributed by atoms with Crippen LogP contribution >= 0.6 is 0 Å². The van der Waals surface area contributed by atoms with Crippen LogP contribution in [0.3, 0.4) is 0 Å². The normalized spacial score (nSPS) is 13.8. The molecule has 154 valence electrons. The molecule has 1 fully saturated rings. The van der Waals surface area contributed by atoms with Crippen molar-refractivity contribution in [3.05, 3.63) is 71.9 Å². The molecule has 0 bridgehead atoms. The van der Waals surface area contributed by atoms with E-state index >= 15 is 0 Å². The standard InChI is InChI=1S/C25H26N2O3/c1-17-7-3-6-10-21(17)22-13-11-18(16-26-22)25(28)27-19-12-14-23(29-2)24(15-19)30-20-8-4-5-9-20/h3,6-7,10-16,20H,4-5,8-9H2,1-2H3,(H,27,28). The van der Waals surface area contributed by atoms with Crippen LogP contribution < -0.4 is 14.8 Å². The molecule has 3 aromatic rings. The van der Waals surface area contributed by atoms with E-state index in [0.717, 1.165) is 29.7 Å². The highest BCUT2D eigenvalue weighted by molar-refractivity contribution is 6.04. The molecule has 5 nitrogen and oxygen atoms in total. The summed E-state index contributed by atoms with van der Waals surface area (Å²) in [5.41, 5.74) is 4.23. The third kappa shape index (κ3) is 4.46. The molecule has 0 saturated heterocycles. The fourth-order valence-corrected chi connectivity index (χ4v) is 3.78. The van der Waals surface area contributed by atoms with E-state index in [0.29, 0.717) is 22.7 Å². The summed E-state index contributed by atoms with van der Waals surface area (Å²) < 4.78 is 11.5. The number of nitrogens with one attached hydrogen (secondary N) is 1. The lowest BCUT2D eigenvalue weighted by Crippen LogP contribution is -2.14. The Balaban J connectivity index is 1.48. The number of rotatable bonds is 6. The topological polar surface area (TPSA) is 60.5 Å². The van der Waals surface area contributed by atoms with E-state index in [-0.39, 0.29) is 12.0 Å². The summed E-state index contributed by atoms with van der Waals surface area (Å²) in [6, 6.07) is 17.2. The van der Waals surface area contributed by atoms with Crippen molar-refractivity contribution in [3.63, 3.8) is 0 Å². The van der Waals surface area contributed by atoms with Gasteiger partial charge in [-0.1, -0.05) is 24.3 Å². The van der Waals surface area contributed by atoms with Crippen LogP contribution in [0.2, 0.25) is 0 Å². The maximum Gasteiger partial charge on any atom is 0.257 e.